The van der Waals surface area contributed by atoms with E-state index < -0.39 is 0 Å². The number of rotatable bonds is 7. The Kier molecular flexibility index (Phi) is 8.26. The third-order valence-corrected chi connectivity index (χ3v) is 7.21. The first-order valence-corrected chi connectivity index (χ1v) is 13.7. The van der Waals surface area contributed by atoms with Crippen LogP contribution in [-0.2, 0) is 38.9 Å². The van der Waals surface area contributed by atoms with Gasteiger partial charge in [-0.2, -0.15) is 0 Å². The lowest BCUT2D eigenvalue weighted by Crippen LogP contribution is -2.41. The highest BCUT2D eigenvalue weighted by atomic mass is 16.5. The van der Waals surface area contributed by atoms with Crippen LogP contribution in [0, 0.1) is 0 Å². The molecule has 38 heavy (non-hydrogen) atoms. The number of benzene rings is 2. The van der Waals surface area contributed by atoms with Crippen LogP contribution in [-0.4, -0.2) is 16.9 Å². The molecule has 1 aliphatic heterocycles. The summed E-state index contributed by atoms with van der Waals surface area (Å²) in [5.41, 5.74) is 10.7. The van der Waals surface area contributed by atoms with E-state index in [-0.39, 0.29) is 47.0 Å². The molecular formula is C32H46N2O4. The highest BCUT2D eigenvalue weighted by Crippen LogP contribution is 2.49. The average Bonchev–Trinajstić information content (AvgIpc) is 2.78. The maximum Gasteiger partial charge on any atom is 0.238 e. The Bertz CT molecular complexity index is 1140. The van der Waals surface area contributed by atoms with Gasteiger partial charge in [0.15, 0.2) is 0 Å². The molecule has 1 aliphatic rings. The summed E-state index contributed by atoms with van der Waals surface area (Å²) in [5.74, 6) is 1.00. The van der Waals surface area contributed by atoms with Crippen molar-refractivity contribution in [2.24, 2.45) is 0 Å². The zero-order chi connectivity index (χ0) is 28.6. The summed E-state index contributed by atoms with van der Waals surface area (Å²) in [4.78, 5) is 25.0. The first-order chi connectivity index (χ1) is 17.4. The second-order valence-corrected chi connectivity index (χ2v) is 13.5. The molecule has 0 aromatic heterocycles. The average molecular weight is 523 g/mol. The minimum Gasteiger partial charge on any atom is -0.507 e. The van der Waals surface area contributed by atoms with Crippen LogP contribution in [0.2, 0.25) is 0 Å². The van der Waals surface area contributed by atoms with Crippen molar-refractivity contribution in [2.75, 3.05) is 0 Å². The molecular weight excluding hydrogens is 476 g/mol. The predicted octanol–water partition coefficient (Wildman–Crippen LogP) is 6.45. The van der Waals surface area contributed by atoms with E-state index in [1.807, 2.05) is 26.0 Å². The van der Waals surface area contributed by atoms with Gasteiger partial charge in [-0.3, -0.25) is 20.4 Å². The van der Waals surface area contributed by atoms with Crippen LogP contribution in [0.25, 0.3) is 0 Å². The fraction of sp³-hybridized carbons (Fsp3) is 0.562. The monoisotopic (exact) mass is 522 g/mol. The number of hydrogen-bond acceptors (Lipinski definition) is 4. The smallest absolute Gasteiger partial charge is 0.238 e. The second kappa shape index (κ2) is 10.6. The molecule has 1 heterocycles. The zero-order valence-electron chi connectivity index (χ0n) is 24.9. The van der Waals surface area contributed by atoms with E-state index in [0.717, 1.165) is 33.6 Å². The van der Waals surface area contributed by atoms with E-state index in [0.29, 0.717) is 18.6 Å². The summed E-state index contributed by atoms with van der Waals surface area (Å²) < 4.78 is 6.04. The number of phenolic OH excluding ortho intramolecular Hbond substituents is 1. The van der Waals surface area contributed by atoms with Crippen LogP contribution in [0.1, 0.15) is 121 Å². The lowest BCUT2D eigenvalue weighted by atomic mass is 9.78. The van der Waals surface area contributed by atoms with Gasteiger partial charge < -0.3 is 9.84 Å². The second-order valence-electron chi connectivity index (χ2n) is 13.5. The Morgan fingerprint density at radius 1 is 0.842 bits per heavy atom. The lowest BCUT2D eigenvalue weighted by Gasteiger charge is -2.42. The molecule has 0 unspecified atom stereocenters. The third-order valence-electron chi connectivity index (χ3n) is 7.21. The van der Waals surface area contributed by atoms with Crippen molar-refractivity contribution < 1.29 is 19.4 Å². The van der Waals surface area contributed by atoms with E-state index in [9.17, 15) is 14.7 Å². The summed E-state index contributed by atoms with van der Waals surface area (Å²) in [7, 11) is 0. The number of hydrazine groups is 1. The molecule has 0 radical (unpaired) electrons. The normalized spacial score (nSPS) is 14.4. The molecule has 3 rings (SSSR count). The number of fused-ring (bicyclic) bond motifs is 1. The molecule has 0 aliphatic carbocycles. The number of aromatic hydroxyl groups is 1. The zero-order valence-corrected chi connectivity index (χ0v) is 24.9. The minimum atomic E-state index is -0.317. The number of aryl methyl sites for hydroxylation is 2. The first-order valence-electron chi connectivity index (χ1n) is 13.7. The summed E-state index contributed by atoms with van der Waals surface area (Å²) in [6.45, 7) is 20.9. The van der Waals surface area contributed by atoms with Gasteiger partial charge in [-0.15, -0.1) is 0 Å². The number of nitrogens with one attached hydrogen (secondary N) is 2. The molecule has 0 saturated heterocycles. The Labute approximate surface area is 228 Å². The van der Waals surface area contributed by atoms with Crippen LogP contribution in [0.3, 0.4) is 0 Å². The maximum absolute atomic E-state index is 12.5. The molecule has 208 valence electrons. The third kappa shape index (κ3) is 6.69. The fourth-order valence-electron chi connectivity index (χ4n) is 4.87. The maximum atomic E-state index is 12.5. The van der Waals surface area contributed by atoms with Gasteiger partial charge in [0, 0.05) is 24.0 Å². The quantitative estimate of drug-likeness (QED) is 0.365. The fourth-order valence-corrected chi connectivity index (χ4v) is 4.87. The van der Waals surface area contributed by atoms with E-state index in [4.69, 9.17) is 4.74 Å². The van der Waals surface area contributed by atoms with Crippen molar-refractivity contribution in [3.05, 3.63) is 57.6 Å². The van der Waals surface area contributed by atoms with Gasteiger partial charge in [-0.05, 0) is 71.8 Å². The van der Waals surface area contributed by atoms with Crippen molar-refractivity contribution in [3.63, 3.8) is 0 Å². The highest BCUT2D eigenvalue weighted by molar-refractivity contribution is 5.82. The molecule has 0 atom stereocenters. The number of amides is 2. The largest absolute Gasteiger partial charge is 0.507 e. The van der Waals surface area contributed by atoms with Crippen molar-refractivity contribution in [3.8, 4) is 11.5 Å². The summed E-state index contributed by atoms with van der Waals surface area (Å²) in [6.07, 6.45) is 1.61. The SMILES string of the molecule is CC(C)c1cc(CCC(=O)NNC(=O)CCc2cc(C(C)(C)C)c3c(c2)C(C)(C)O3)cc(C(C)(C)C)c1O. The van der Waals surface area contributed by atoms with Crippen LogP contribution in [0.15, 0.2) is 24.3 Å². The van der Waals surface area contributed by atoms with Gasteiger partial charge in [0.05, 0.1) is 0 Å². The Morgan fingerprint density at radius 2 is 1.32 bits per heavy atom. The van der Waals surface area contributed by atoms with Gasteiger partial charge >= 0.3 is 0 Å². The highest BCUT2D eigenvalue weighted by Gasteiger charge is 2.40. The summed E-state index contributed by atoms with van der Waals surface area (Å²) >= 11 is 0. The predicted molar refractivity (Wildman–Crippen MR) is 153 cm³/mol. The van der Waals surface area contributed by atoms with Gasteiger partial charge in [0.25, 0.3) is 0 Å². The van der Waals surface area contributed by atoms with Gasteiger partial charge in [0.2, 0.25) is 11.8 Å². The topological polar surface area (TPSA) is 87.7 Å². The number of ether oxygens (including phenoxy) is 1. The molecule has 6 heteroatoms. The molecule has 2 aromatic rings. The molecule has 3 N–H and O–H groups in total. The van der Waals surface area contributed by atoms with E-state index in [1.165, 1.54) is 5.56 Å². The number of carbonyl (C=O) groups is 2. The lowest BCUT2D eigenvalue weighted by molar-refractivity contribution is -0.128. The van der Waals surface area contributed by atoms with Crippen LogP contribution < -0.4 is 15.6 Å². The number of carbonyl (C=O) groups excluding carboxylic acids is 2. The standard InChI is InChI=1S/C32H46N2O4/c1-19(2)22-15-20(16-23(28(22)37)30(3,4)5)11-13-26(35)33-34-27(36)14-12-21-17-24(31(6,7)8)29-25(18-21)32(9,10)38-29/h15-19,37H,11-14H2,1-10H3,(H,33,35)(H,34,36). The van der Waals surface area contributed by atoms with Crippen molar-refractivity contribution in [2.45, 2.75) is 117 Å². The van der Waals surface area contributed by atoms with Gasteiger partial charge in [-0.25, -0.2) is 0 Å². The number of phenols is 1. The van der Waals surface area contributed by atoms with Gasteiger partial charge in [-0.1, -0.05) is 73.6 Å². The Balaban J connectivity index is 1.56. The number of hydrogen-bond donors (Lipinski definition) is 3. The summed E-state index contributed by atoms with van der Waals surface area (Å²) in [5, 5.41) is 10.8. The molecule has 6 nitrogen and oxygen atoms in total. The van der Waals surface area contributed by atoms with Crippen molar-refractivity contribution >= 4 is 11.8 Å². The molecule has 2 amide bonds. The van der Waals surface area contributed by atoms with Gasteiger partial charge in [0.1, 0.15) is 17.1 Å². The molecule has 0 bridgehead atoms. The molecule has 2 aromatic carbocycles. The molecule has 0 fully saturated rings. The van der Waals surface area contributed by atoms with Crippen LogP contribution in [0.4, 0.5) is 0 Å². The van der Waals surface area contributed by atoms with Crippen LogP contribution in [0.5, 0.6) is 11.5 Å². The molecule has 0 saturated carbocycles. The van der Waals surface area contributed by atoms with Crippen molar-refractivity contribution in [1.82, 2.24) is 10.9 Å². The van der Waals surface area contributed by atoms with Crippen LogP contribution >= 0.6 is 0 Å². The minimum absolute atomic E-state index is 0.0616. The first kappa shape index (κ1) is 29.5. The van der Waals surface area contributed by atoms with E-state index >= 15 is 0 Å². The van der Waals surface area contributed by atoms with Crippen molar-refractivity contribution in [1.29, 1.82) is 0 Å². The molecule has 0 spiro atoms. The Hall–Kier alpha value is -3.02. The Morgan fingerprint density at radius 3 is 1.76 bits per heavy atom. The van der Waals surface area contributed by atoms with E-state index in [1.54, 1.807) is 0 Å². The van der Waals surface area contributed by atoms with E-state index in [2.05, 4.69) is 78.4 Å². The summed E-state index contributed by atoms with van der Waals surface area (Å²) in [6, 6.07) is 8.23.